The monoisotopic (exact) mass is 494 g/mol. The Bertz CT molecular complexity index is 1210. The summed E-state index contributed by atoms with van der Waals surface area (Å²) >= 11 is 0. The van der Waals surface area contributed by atoms with E-state index >= 15 is 0 Å². The summed E-state index contributed by atoms with van der Waals surface area (Å²) in [6, 6.07) is 13.0. The molecule has 3 aromatic rings. The molecule has 0 saturated carbocycles. The average Bonchev–Trinajstić information content (AvgIpc) is 2.90. The summed E-state index contributed by atoms with van der Waals surface area (Å²) in [7, 11) is 4.93. The van der Waals surface area contributed by atoms with Crippen LogP contribution in [0.2, 0.25) is 0 Å². The van der Waals surface area contributed by atoms with Gasteiger partial charge in [0.25, 0.3) is 5.56 Å². The third-order valence-electron chi connectivity index (χ3n) is 5.99. The second-order valence-corrected chi connectivity index (χ2v) is 8.57. The van der Waals surface area contributed by atoms with Gasteiger partial charge in [0.05, 0.1) is 20.3 Å². The van der Waals surface area contributed by atoms with E-state index in [0.29, 0.717) is 30.3 Å². The Hall–Kier alpha value is -3.88. The summed E-state index contributed by atoms with van der Waals surface area (Å²) in [6.45, 7) is 4.61. The maximum atomic E-state index is 12.6. The second-order valence-electron chi connectivity index (χ2n) is 8.57. The first kappa shape index (κ1) is 26.7. The minimum Gasteiger partial charge on any atom is -0.493 e. The number of carbonyl (C=O) groups is 1. The van der Waals surface area contributed by atoms with Gasteiger partial charge in [-0.25, -0.2) is 0 Å². The van der Waals surface area contributed by atoms with Gasteiger partial charge in [0.2, 0.25) is 5.91 Å². The summed E-state index contributed by atoms with van der Waals surface area (Å²) in [6.07, 6.45) is 2.09. The number of ether oxygens (including phenoxy) is 3. The van der Waals surface area contributed by atoms with Crippen LogP contribution in [0.15, 0.2) is 47.3 Å². The van der Waals surface area contributed by atoms with E-state index in [2.05, 4.69) is 22.1 Å². The van der Waals surface area contributed by atoms with E-state index in [4.69, 9.17) is 14.2 Å². The minimum atomic E-state index is -0.347. The predicted molar refractivity (Wildman–Crippen MR) is 138 cm³/mol. The molecular weight excluding hydrogens is 460 g/mol. The lowest BCUT2D eigenvalue weighted by Gasteiger charge is -2.17. The third kappa shape index (κ3) is 7.07. The van der Waals surface area contributed by atoms with Crippen molar-refractivity contribution < 1.29 is 19.0 Å². The standard InChI is InChI=1S/C27H34N4O5/c1-6-18(2)36-21-10-8-20(9-11-21)26-28-27(33)22(29-30-26)12-14-25(32)31(3)16-15-19-7-13-23(34-4)24(17-19)35-5/h7-11,13,17-18H,6,12,14-16H2,1-5H3,(H,28,30,33). The van der Waals surface area contributed by atoms with Crippen molar-refractivity contribution in [2.45, 2.75) is 45.6 Å². The molecule has 36 heavy (non-hydrogen) atoms. The smallest absolute Gasteiger partial charge is 0.273 e. The highest BCUT2D eigenvalue weighted by Gasteiger charge is 2.14. The molecule has 1 aromatic heterocycles. The molecule has 9 nitrogen and oxygen atoms in total. The molecule has 0 radical (unpaired) electrons. The number of likely N-dealkylation sites (N-methyl/N-ethyl adjacent to an activating group) is 1. The fourth-order valence-corrected chi connectivity index (χ4v) is 3.53. The molecule has 0 fully saturated rings. The molecule has 1 heterocycles. The van der Waals surface area contributed by atoms with Crippen LogP contribution in [0.1, 0.15) is 37.9 Å². The zero-order valence-electron chi connectivity index (χ0n) is 21.5. The number of hydrogen-bond donors (Lipinski definition) is 1. The quantitative estimate of drug-likeness (QED) is 0.409. The molecule has 3 rings (SSSR count). The zero-order chi connectivity index (χ0) is 26.1. The Morgan fingerprint density at radius 2 is 1.75 bits per heavy atom. The van der Waals surface area contributed by atoms with E-state index in [1.807, 2.05) is 49.4 Å². The molecule has 0 aliphatic rings. The van der Waals surface area contributed by atoms with Crippen LogP contribution < -0.4 is 19.8 Å². The molecular formula is C27H34N4O5. The number of nitrogens with zero attached hydrogens (tertiary/aromatic N) is 3. The Morgan fingerprint density at radius 3 is 2.39 bits per heavy atom. The van der Waals surface area contributed by atoms with E-state index in [1.165, 1.54) is 0 Å². The van der Waals surface area contributed by atoms with E-state index in [1.54, 1.807) is 26.2 Å². The Morgan fingerprint density at radius 1 is 1.03 bits per heavy atom. The number of benzene rings is 2. The van der Waals surface area contributed by atoms with E-state index in [-0.39, 0.29) is 36.1 Å². The van der Waals surface area contributed by atoms with Crippen LogP contribution in [-0.4, -0.2) is 59.9 Å². The van der Waals surface area contributed by atoms with Crippen molar-refractivity contribution in [2.75, 3.05) is 27.8 Å². The molecule has 0 aliphatic carbocycles. The maximum Gasteiger partial charge on any atom is 0.273 e. The summed E-state index contributed by atoms with van der Waals surface area (Å²) < 4.78 is 16.4. The van der Waals surface area contributed by atoms with Gasteiger partial charge in [-0.1, -0.05) is 13.0 Å². The van der Waals surface area contributed by atoms with Gasteiger partial charge in [0.1, 0.15) is 11.4 Å². The molecule has 1 atom stereocenters. The number of rotatable bonds is 12. The molecule has 0 spiro atoms. The highest BCUT2D eigenvalue weighted by molar-refractivity contribution is 5.76. The largest absolute Gasteiger partial charge is 0.493 e. The predicted octanol–water partition coefficient (Wildman–Crippen LogP) is 3.66. The molecule has 1 N–H and O–H groups in total. The third-order valence-corrected chi connectivity index (χ3v) is 5.99. The zero-order valence-corrected chi connectivity index (χ0v) is 21.5. The van der Waals surface area contributed by atoms with Crippen LogP contribution in [0.3, 0.4) is 0 Å². The van der Waals surface area contributed by atoms with E-state index < -0.39 is 0 Å². The maximum absolute atomic E-state index is 12.6. The summed E-state index contributed by atoms with van der Waals surface area (Å²) in [5.41, 5.74) is 1.65. The topological polar surface area (TPSA) is 107 Å². The van der Waals surface area contributed by atoms with Gasteiger partial charge in [0.15, 0.2) is 17.3 Å². The van der Waals surface area contributed by atoms with Crippen molar-refractivity contribution in [2.24, 2.45) is 0 Å². The van der Waals surface area contributed by atoms with Gasteiger partial charge in [-0.3, -0.25) is 9.59 Å². The summed E-state index contributed by atoms with van der Waals surface area (Å²) in [4.78, 5) is 29.6. The van der Waals surface area contributed by atoms with Gasteiger partial charge >= 0.3 is 0 Å². The lowest BCUT2D eigenvalue weighted by molar-refractivity contribution is -0.129. The van der Waals surface area contributed by atoms with E-state index in [9.17, 15) is 9.59 Å². The Kier molecular flexibility index (Phi) is 9.44. The minimum absolute atomic E-state index is 0.0716. The SMILES string of the molecule is CCC(C)Oc1ccc(-c2nnc(CCC(=O)N(C)CCc3ccc(OC)c(OC)c3)c(=O)[nH]2)cc1. The van der Waals surface area contributed by atoms with Gasteiger partial charge in [-0.05, 0) is 61.7 Å². The van der Waals surface area contributed by atoms with Crippen molar-refractivity contribution in [1.29, 1.82) is 0 Å². The number of aryl methyl sites for hydroxylation is 1. The fourth-order valence-electron chi connectivity index (χ4n) is 3.53. The van der Waals surface area contributed by atoms with Crippen molar-refractivity contribution in [1.82, 2.24) is 20.1 Å². The van der Waals surface area contributed by atoms with Crippen LogP contribution in [0.25, 0.3) is 11.4 Å². The number of hydrogen-bond acceptors (Lipinski definition) is 7. The number of nitrogens with one attached hydrogen (secondary N) is 1. The molecule has 2 aromatic carbocycles. The first-order valence-electron chi connectivity index (χ1n) is 12.0. The number of aromatic nitrogens is 3. The number of aromatic amines is 1. The number of carbonyl (C=O) groups excluding carboxylic acids is 1. The van der Waals surface area contributed by atoms with Gasteiger partial charge in [-0.2, -0.15) is 0 Å². The Balaban J connectivity index is 1.54. The Labute approximate surface area is 211 Å². The highest BCUT2D eigenvalue weighted by atomic mass is 16.5. The van der Waals surface area contributed by atoms with Gasteiger partial charge < -0.3 is 24.1 Å². The molecule has 9 heteroatoms. The summed E-state index contributed by atoms with van der Waals surface area (Å²) in [5.74, 6) is 2.37. The van der Waals surface area contributed by atoms with Crippen molar-refractivity contribution in [3.63, 3.8) is 0 Å². The average molecular weight is 495 g/mol. The van der Waals surface area contributed by atoms with Crippen molar-refractivity contribution in [3.05, 3.63) is 64.1 Å². The van der Waals surface area contributed by atoms with Crippen LogP contribution in [0.5, 0.6) is 17.2 Å². The van der Waals surface area contributed by atoms with Crippen molar-refractivity contribution >= 4 is 5.91 Å². The molecule has 0 bridgehead atoms. The molecule has 1 amide bonds. The lowest BCUT2D eigenvalue weighted by atomic mass is 10.1. The first-order chi connectivity index (χ1) is 17.3. The normalized spacial score (nSPS) is 11.6. The number of H-pyrrole nitrogens is 1. The number of amides is 1. The van der Waals surface area contributed by atoms with Crippen LogP contribution in [0, 0.1) is 0 Å². The lowest BCUT2D eigenvalue weighted by Crippen LogP contribution is -2.30. The second kappa shape index (κ2) is 12.7. The van der Waals surface area contributed by atoms with Crippen LogP contribution in [0.4, 0.5) is 0 Å². The number of methoxy groups -OCH3 is 2. The fraction of sp³-hybridized carbons (Fsp3) is 0.407. The molecule has 1 unspecified atom stereocenters. The molecule has 0 saturated heterocycles. The molecule has 0 aliphatic heterocycles. The van der Waals surface area contributed by atoms with Crippen LogP contribution >= 0.6 is 0 Å². The van der Waals surface area contributed by atoms with Crippen LogP contribution in [-0.2, 0) is 17.6 Å². The summed E-state index contributed by atoms with van der Waals surface area (Å²) in [5, 5.41) is 8.23. The first-order valence-corrected chi connectivity index (χ1v) is 12.0. The van der Waals surface area contributed by atoms with Crippen molar-refractivity contribution in [3.8, 4) is 28.6 Å². The highest BCUT2D eigenvalue weighted by Crippen LogP contribution is 2.27. The van der Waals surface area contributed by atoms with E-state index in [0.717, 1.165) is 23.3 Å². The molecule has 192 valence electrons. The van der Waals surface area contributed by atoms with Gasteiger partial charge in [0, 0.05) is 32.0 Å². The van der Waals surface area contributed by atoms with Gasteiger partial charge in [-0.15, -0.1) is 10.2 Å².